The minimum atomic E-state index is 0.649. The van der Waals surface area contributed by atoms with Crippen LogP contribution in [0.4, 0.5) is 0 Å². The number of ether oxygens (including phenoxy) is 3. The first-order valence-electron chi connectivity index (χ1n) is 11.6. The van der Waals surface area contributed by atoms with E-state index in [1.54, 1.807) is 7.11 Å². The first-order valence-corrected chi connectivity index (χ1v) is 11.6. The van der Waals surface area contributed by atoms with E-state index in [0.29, 0.717) is 6.61 Å². The molecular weight excluding hydrogens is 360 g/mol. The van der Waals surface area contributed by atoms with Gasteiger partial charge in [-0.1, -0.05) is 69.9 Å². The van der Waals surface area contributed by atoms with Crippen molar-refractivity contribution >= 4 is 0 Å². The molecule has 0 aliphatic rings. The number of hydrogen-bond acceptors (Lipinski definition) is 3. The van der Waals surface area contributed by atoms with E-state index >= 15 is 0 Å². The van der Waals surface area contributed by atoms with Crippen molar-refractivity contribution in [2.24, 2.45) is 0 Å². The third-order valence-corrected chi connectivity index (χ3v) is 5.11. The average Bonchev–Trinajstić information content (AvgIpc) is 2.75. The first kappa shape index (κ1) is 25.5. The molecule has 0 saturated carbocycles. The lowest BCUT2D eigenvalue weighted by molar-refractivity contribution is 0.0743. The van der Waals surface area contributed by atoms with Gasteiger partial charge in [0, 0.05) is 26.2 Å². The molecule has 0 radical (unpaired) electrons. The van der Waals surface area contributed by atoms with Crippen molar-refractivity contribution in [2.75, 3.05) is 26.9 Å². The maximum absolute atomic E-state index is 5.71. The topological polar surface area (TPSA) is 27.7 Å². The van der Waals surface area contributed by atoms with Crippen LogP contribution in [0, 0.1) is 12.3 Å². The predicted molar refractivity (Wildman–Crippen MR) is 122 cm³/mol. The molecule has 0 amide bonds. The van der Waals surface area contributed by atoms with Gasteiger partial charge in [-0.05, 0) is 37.0 Å². The van der Waals surface area contributed by atoms with Gasteiger partial charge in [-0.2, -0.15) is 0 Å². The number of hydrogen-bond donors (Lipinski definition) is 0. The number of methoxy groups -OCH3 is 1. The first-order chi connectivity index (χ1) is 14.4. The third-order valence-electron chi connectivity index (χ3n) is 5.11. The van der Waals surface area contributed by atoms with E-state index in [1.807, 2.05) is 24.3 Å². The van der Waals surface area contributed by atoms with E-state index in [-0.39, 0.29) is 0 Å². The van der Waals surface area contributed by atoms with Crippen LogP contribution in [0.15, 0.2) is 24.3 Å². The molecule has 0 fully saturated rings. The Hall–Kier alpha value is -1.50. The van der Waals surface area contributed by atoms with E-state index in [9.17, 15) is 0 Å². The maximum Gasteiger partial charge on any atom is 0.118 e. The molecule has 0 unspecified atom stereocenters. The summed E-state index contributed by atoms with van der Waals surface area (Å²) >= 11 is 0. The second kappa shape index (κ2) is 19.8. The number of unbranched alkanes of at least 4 members (excludes halogenated alkanes) is 11. The minimum absolute atomic E-state index is 0.649. The molecule has 0 atom stereocenters. The van der Waals surface area contributed by atoms with Crippen LogP contribution in [0.25, 0.3) is 0 Å². The normalized spacial score (nSPS) is 10.8. The fraction of sp³-hybridized carbons (Fsp3) is 0.692. The highest BCUT2D eigenvalue weighted by Gasteiger charge is 1.97. The summed E-state index contributed by atoms with van der Waals surface area (Å²) in [4.78, 5) is 0. The van der Waals surface area contributed by atoms with Crippen LogP contribution in [0.3, 0.4) is 0 Å². The van der Waals surface area contributed by atoms with Gasteiger partial charge in [0.2, 0.25) is 0 Å². The van der Waals surface area contributed by atoms with Gasteiger partial charge in [0.15, 0.2) is 0 Å². The monoisotopic (exact) mass is 402 g/mol. The van der Waals surface area contributed by atoms with Gasteiger partial charge in [0.25, 0.3) is 0 Å². The number of rotatable bonds is 20. The third kappa shape index (κ3) is 16.0. The molecule has 1 rings (SSSR count). The molecule has 0 spiro atoms. The fourth-order valence-corrected chi connectivity index (χ4v) is 3.30. The van der Waals surface area contributed by atoms with E-state index in [0.717, 1.165) is 38.4 Å². The van der Waals surface area contributed by atoms with E-state index < -0.39 is 0 Å². The van der Waals surface area contributed by atoms with Crippen LogP contribution in [-0.4, -0.2) is 26.9 Å². The summed E-state index contributed by atoms with van der Waals surface area (Å²) in [7, 11) is 1.68. The zero-order chi connectivity index (χ0) is 20.8. The largest absolute Gasteiger partial charge is 0.497 e. The Morgan fingerprint density at radius 1 is 0.655 bits per heavy atom. The minimum Gasteiger partial charge on any atom is -0.497 e. The van der Waals surface area contributed by atoms with Crippen LogP contribution in [-0.2, 0) is 16.1 Å². The van der Waals surface area contributed by atoms with Crippen LogP contribution in [0.1, 0.15) is 89.0 Å². The molecule has 0 aromatic heterocycles. The second-order valence-electron chi connectivity index (χ2n) is 7.71. The summed E-state index contributed by atoms with van der Waals surface area (Å²) < 4.78 is 16.5. The van der Waals surface area contributed by atoms with Crippen LogP contribution in [0.5, 0.6) is 5.75 Å². The van der Waals surface area contributed by atoms with Gasteiger partial charge in [0.1, 0.15) is 5.75 Å². The molecule has 1 aromatic rings. The standard InChI is InChI=1S/C26H42O3/c1-3-4-5-6-7-8-9-10-11-12-13-14-15-21-28-22-16-23-29-24-25-17-19-26(27-2)20-18-25/h1,17-20H,4-16,21-24H2,2H3. The second-order valence-corrected chi connectivity index (χ2v) is 7.71. The van der Waals surface area contributed by atoms with Crippen LogP contribution >= 0.6 is 0 Å². The molecule has 1 aromatic carbocycles. The molecule has 164 valence electrons. The summed E-state index contributed by atoms with van der Waals surface area (Å²) in [5, 5.41) is 0. The maximum atomic E-state index is 5.71. The van der Waals surface area contributed by atoms with E-state index in [2.05, 4.69) is 5.92 Å². The van der Waals surface area contributed by atoms with Gasteiger partial charge in [0.05, 0.1) is 13.7 Å². The zero-order valence-electron chi connectivity index (χ0n) is 18.6. The summed E-state index contributed by atoms with van der Waals surface area (Å²) in [5.41, 5.74) is 1.17. The summed E-state index contributed by atoms with van der Waals surface area (Å²) in [6.07, 6.45) is 21.8. The SMILES string of the molecule is C#CCCCCCCCCCCCCCOCCCOCc1ccc(OC)cc1. The predicted octanol–water partition coefficient (Wildman–Crippen LogP) is 6.93. The summed E-state index contributed by atoms with van der Waals surface area (Å²) in [6, 6.07) is 8.01. The van der Waals surface area contributed by atoms with Gasteiger partial charge < -0.3 is 14.2 Å². The average molecular weight is 403 g/mol. The van der Waals surface area contributed by atoms with Gasteiger partial charge in [-0.3, -0.25) is 0 Å². The Labute approximate surface area is 179 Å². The Morgan fingerprint density at radius 2 is 1.17 bits per heavy atom. The Bertz CT molecular complexity index is 504. The molecule has 0 N–H and O–H groups in total. The molecule has 0 bridgehead atoms. The molecule has 0 aliphatic heterocycles. The van der Waals surface area contributed by atoms with Crippen LogP contribution in [0.2, 0.25) is 0 Å². The molecule has 29 heavy (non-hydrogen) atoms. The van der Waals surface area contributed by atoms with E-state index in [4.69, 9.17) is 20.6 Å². The number of terminal acetylenes is 1. The molecular formula is C26H42O3. The molecule has 0 aliphatic carbocycles. The lowest BCUT2D eigenvalue weighted by Gasteiger charge is -2.07. The van der Waals surface area contributed by atoms with Crippen molar-refractivity contribution in [3.63, 3.8) is 0 Å². The van der Waals surface area contributed by atoms with E-state index in [1.165, 1.54) is 76.2 Å². The molecule has 0 saturated heterocycles. The quantitative estimate of drug-likeness (QED) is 0.175. The fourth-order valence-electron chi connectivity index (χ4n) is 3.30. The Morgan fingerprint density at radius 3 is 1.76 bits per heavy atom. The summed E-state index contributed by atoms with van der Waals surface area (Å²) in [5.74, 6) is 3.59. The highest BCUT2D eigenvalue weighted by atomic mass is 16.5. The lowest BCUT2D eigenvalue weighted by atomic mass is 10.1. The molecule has 3 heteroatoms. The van der Waals surface area contributed by atoms with Crippen molar-refractivity contribution in [1.82, 2.24) is 0 Å². The highest BCUT2D eigenvalue weighted by Crippen LogP contribution is 2.13. The van der Waals surface area contributed by atoms with Crippen molar-refractivity contribution in [2.45, 2.75) is 90.1 Å². The Kier molecular flexibility index (Phi) is 17.4. The lowest BCUT2D eigenvalue weighted by Crippen LogP contribution is -2.02. The van der Waals surface area contributed by atoms with Crippen molar-refractivity contribution in [1.29, 1.82) is 0 Å². The van der Waals surface area contributed by atoms with Crippen molar-refractivity contribution in [3.05, 3.63) is 29.8 Å². The van der Waals surface area contributed by atoms with Crippen molar-refractivity contribution in [3.8, 4) is 18.1 Å². The van der Waals surface area contributed by atoms with Crippen molar-refractivity contribution < 1.29 is 14.2 Å². The zero-order valence-corrected chi connectivity index (χ0v) is 18.6. The van der Waals surface area contributed by atoms with Crippen LogP contribution < -0.4 is 4.74 Å². The smallest absolute Gasteiger partial charge is 0.118 e. The Balaban J connectivity index is 1.73. The van der Waals surface area contributed by atoms with Gasteiger partial charge >= 0.3 is 0 Å². The van der Waals surface area contributed by atoms with Gasteiger partial charge in [-0.15, -0.1) is 12.3 Å². The molecule has 0 heterocycles. The highest BCUT2D eigenvalue weighted by molar-refractivity contribution is 5.26. The summed E-state index contributed by atoms with van der Waals surface area (Å²) in [6.45, 7) is 3.08. The molecule has 3 nitrogen and oxygen atoms in total. The number of benzene rings is 1. The van der Waals surface area contributed by atoms with Gasteiger partial charge in [-0.25, -0.2) is 0 Å².